The summed E-state index contributed by atoms with van der Waals surface area (Å²) in [6, 6.07) is 0. The minimum absolute atomic E-state index is 0.111. The van der Waals surface area contributed by atoms with Gasteiger partial charge < -0.3 is 15.2 Å². The maximum Gasteiger partial charge on any atom is 0.0884 e. The first kappa shape index (κ1) is 6.01. The van der Waals surface area contributed by atoms with Crippen molar-refractivity contribution >= 4 is 0 Å². The Bertz CT molecular complexity index is 67.0. The Morgan fingerprint density at radius 2 is 2.38 bits per heavy atom. The summed E-state index contributed by atoms with van der Waals surface area (Å²) in [6.07, 6.45) is 0. The second-order valence-corrected chi connectivity index (χ2v) is 2.18. The molecular formula is C5H11NO2. The molecule has 2 N–H and O–H groups in total. The minimum atomic E-state index is -0.111. The molecule has 3 nitrogen and oxygen atoms in total. The SMILES string of the molecule is CNC1(CO)COC1. The van der Waals surface area contributed by atoms with Crippen LogP contribution in [0.4, 0.5) is 0 Å². The Balaban J connectivity index is 2.33. The van der Waals surface area contributed by atoms with Crippen LogP contribution in [-0.4, -0.2) is 37.5 Å². The largest absolute Gasteiger partial charge is 0.394 e. The molecule has 0 amide bonds. The molecule has 1 heterocycles. The first-order valence-corrected chi connectivity index (χ1v) is 2.70. The van der Waals surface area contributed by atoms with E-state index in [0.29, 0.717) is 13.2 Å². The van der Waals surface area contributed by atoms with E-state index >= 15 is 0 Å². The van der Waals surface area contributed by atoms with Crippen LogP contribution in [0, 0.1) is 0 Å². The van der Waals surface area contributed by atoms with Crippen molar-refractivity contribution in [1.29, 1.82) is 0 Å². The minimum Gasteiger partial charge on any atom is -0.394 e. The lowest BCUT2D eigenvalue weighted by Crippen LogP contribution is -2.61. The van der Waals surface area contributed by atoms with Crippen LogP contribution in [0.15, 0.2) is 0 Å². The molecule has 0 atom stereocenters. The summed E-state index contributed by atoms with van der Waals surface area (Å²) >= 11 is 0. The Hall–Kier alpha value is -0.120. The van der Waals surface area contributed by atoms with Crippen LogP contribution in [0.3, 0.4) is 0 Å². The van der Waals surface area contributed by atoms with Gasteiger partial charge in [-0.15, -0.1) is 0 Å². The molecule has 0 radical (unpaired) electrons. The summed E-state index contributed by atoms with van der Waals surface area (Å²) in [5.74, 6) is 0. The highest BCUT2D eigenvalue weighted by Crippen LogP contribution is 2.13. The summed E-state index contributed by atoms with van der Waals surface area (Å²) < 4.78 is 4.90. The first-order valence-electron chi connectivity index (χ1n) is 2.70. The third-order valence-electron chi connectivity index (χ3n) is 1.59. The monoisotopic (exact) mass is 117 g/mol. The van der Waals surface area contributed by atoms with Gasteiger partial charge in [0.15, 0.2) is 0 Å². The smallest absolute Gasteiger partial charge is 0.0884 e. The zero-order valence-electron chi connectivity index (χ0n) is 4.98. The number of likely N-dealkylation sites (N-methyl/N-ethyl adjacent to an activating group) is 1. The molecule has 48 valence electrons. The number of aliphatic hydroxyl groups is 1. The maximum absolute atomic E-state index is 8.69. The molecule has 1 aliphatic heterocycles. The Morgan fingerprint density at radius 3 is 2.38 bits per heavy atom. The van der Waals surface area contributed by atoms with Crippen molar-refractivity contribution in [3.63, 3.8) is 0 Å². The molecule has 0 aliphatic carbocycles. The lowest BCUT2D eigenvalue weighted by Gasteiger charge is -2.39. The van der Waals surface area contributed by atoms with Gasteiger partial charge in [-0.2, -0.15) is 0 Å². The number of aliphatic hydroxyl groups excluding tert-OH is 1. The summed E-state index contributed by atoms with van der Waals surface area (Å²) in [6.45, 7) is 1.45. The zero-order chi connectivity index (χ0) is 6.04. The van der Waals surface area contributed by atoms with E-state index in [9.17, 15) is 0 Å². The van der Waals surface area contributed by atoms with Gasteiger partial charge in [0.2, 0.25) is 0 Å². The Morgan fingerprint density at radius 1 is 1.75 bits per heavy atom. The average molecular weight is 117 g/mol. The van der Waals surface area contributed by atoms with E-state index in [4.69, 9.17) is 9.84 Å². The van der Waals surface area contributed by atoms with E-state index in [1.54, 1.807) is 0 Å². The highest BCUT2D eigenvalue weighted by atomic mass is 16.5. The normalized spacial score (nSPS) is 24.8. The molecular weight excluding hydrogens is 106 g/mol. The van der Waals surface area contributed by atoms with Gasteiger partial charge in [0.1, 0.15) is 0 Å². The molecule has 3 heteroatoms. The Labute approximate surface area is 48.7 Å². The van der Waals surface area contributed by atoms with Crippen molar-refractivity contribution in [2.75, 3.05) is 26.9 Å². The predicted molar refractivity (Wildman–Crippen MR) is 29.7 cm³/mol. The third-order valence-corrected chi connectivity index (χ3v) is 1.59. The van der Waals surface area contributed by atoms with Crippen LogP contribution in [0.2, 0.25) is 0 Å². The summed E-state index contributed by atoms with van der Waals surface area (Å²) in [5, 5.41) is 11.7. The molecule has 8 heavy (non-hydrogen) atoms. The Kier molecular flexibility index (Phi) is 1.51. The highest BCUT2D eigenvalue weighted by Gasteiger charge is 2.35. The van der Waals surface area contributed by atoms with E-state index < -0.39 is 0 Å². The lowest BCUT2D eigenvalue weighted by molar-refractivity contribution is -0.0936. The van der Waals surface area contributed by atoms with E-state index in [1.165, 1.54) is 0 Å². The molecule has 0 spiro atoms. The van der Waals surface area contributed by atoms with Gasteiger partial charge >= 0.3 is 0 Å². The van der Waals surface area contributed by atoms with Crippen molar-refractivity contribution < 1.29 is 9.84 Å². The summed E-state index contributed by atoms with van der Waals surface area (Å²) in [4.78, 5) is 0. The van der Waals surface area contributed by atoms with Crippen LogP contribution in [-0.2, 0) is 4.74 Å². The van der Waals surface area contributed by atoms with Crippen LogP contribution in [0.25, 0.3) is 0 Å². The number of rotatable bonds is 2. The van der Waals surface area contributed by atoms with Crippen LogP contribution in [0.1, 0.15) is 0 Å². The fourth-order valence-electron chi connectivity index (χ4n) is 0.663. The van der Waals surface area contributed by atoms with E-state index in [2.05, 4.69) is 5.32 Å². The van der Waals surface area contributed by atoms with Crippen LogP contribution >= 0.6 is 0 Å². The molecule has 0 bridgehead atoms. The fraction of sp³-hybridized carbons (Fsp3) is 1.00. The molecule has 0 unspecified atom stereocenters. The molecule has 1 aliphatic rings. The van der Waals surface area contributed by atoms with E-state index in [1.807, 2.05) is 7.05 Å². The van der Waals surface area contributed by atoms with Crippen molar-refractivity contribution in [3.8, 4) is 0 Å². The molecule has 0 aromatic heterocycles. The lowest BCUT2D eigenvalue weighted by atomic mass is 10.00. The molecule has 0 aromatic rings. The number of ether oxygens (including phenoxy) is 1. The van der Waals surface area contributed by atoms with Gasteiger partial charge in [0.25, 0.3) is 0 Å². The average Bonchev–Trinajstić information content (AvgIpc) is 1.67. The second-order valence-electron chi connectivity index (χ2n) is 2.18. The zero-order valence-corrected chi connectivity index (χ0v) is 4.98. The third kappa shape index (κ3) is 0.727. The molecule has 1 rings (SSSR count). The topological polar surface area (TPSA) is 41.5 Å². The van der Waals surface area contributed by atoms with Crippen LogP contribution < -0.4 is 5.32 Å². The molecule has 1 fully saturated rings. The molecule has 0 aromatic carbocycles. The van der Waals surface area contributed by atoms with Gasteiger partial charge in [-0.3, -0.25) is 0 Å². The van der Waals surface area contributed by atoms with Gasteiger partial charge in [-0.1, -0.05) is 0 Å². The van der Waals surface area contributed by atoms with Gasteiger partial charge in [0.05, 0.1) is 25.4 Å². The predicted octanol–water partition coefficient (Wildman–Crippen LogP) is -1.03. The number of nitrogens with one attached hydrogen (secondary N) is 1. The highest BCUT2D eigenvalue weighted by molar-refractivity contribution is 4.92. The fourth-order valence-corrected chi connectivity index (χ4v) is 0.663. The number of hydrogen-bond acceptors (Lipinski definition) is 3. The quantitative estimate of drug-likeness (QED) is 0.486. The summed E-state index contributed by atoms with van der Waals surface area (Å²) in [7, 11) is 1.83. The standard InChI is InChI=1S/C5H11NO2/c1-6-5(2-7)3-8-4-5/h6-7H,2-4H2,1H3. The van der Waals surface area contributed by atoms with Crippen molar-refractivity contribution in [1.82, 2.24) is 5.32 Å². The van der Waals surface area contributed by atoms with Crippen molar-refractivity contribution in [2.24, 2.45) is 0 Å². The van der Waals surface area contributed by atoms with Crippen molar-refractivity contribution in [3.05, 3.63) is 0 Å². The van der Waals surface area contributed by atoms with Gasteiger partial charge in [0, 0.05) is 0 Å². The molecule has 0 saturated carbocycles. The van der Waals surface area contributed by atoms with Crippen molar-refractivity contribution in [2.45, 2.75) is 5.54 Å². The first-order chi connectivity index (χ1) is 3.83. The maximum atomic E-state index is 8.69. The summed E-state index contributed by atoms with van der Waals surface area (Å²) in [5.41, 5.74) is -0.111. The molecule has 1 saturated heterocycles. The van der Waals surface area contributed by atoms with Gasteiger partial charge in [-0.05, 0) is 7.05 Å². The second kappa shape index (κ2) is 2.01. The van der Waals surface area contributed by atoms with Crippen LogP contribution in [0.5, 0.6) is 0 Å². The van der Waals surface area contributed by atoms with Gasteiger partial charge in [-0.25, -0.2) is 0 Å². The van der Waals surface area contributed by atoms with E-state index in [0.717, 1.165) is 0 Å². The number of hydrogen-bond donors (Lipinski definition) is 2. The van der Waals surface area contributed by atoms with E-state index in [-0.39, 0.29) is 12.1 Å².